The zero-order valence-electron chi connectivity index (χ0n) is 35.0. The number of nitrogens with zero attached hydrogens (tertiary/aromatic N) is 1. The van der Waals surface area contributed by atoms with Crippen molar-refractivity contribution in [2.75, 3.05) is 40.9 Å². The highest BCUT2D eigenvalue weighted by Gasteiger charge is 2.23. The van der Waals surface area contributed by atoms with Crippen LogP contribution < -0.4 is 10.2 Å². The largest absolute Gasteiger partial charge is 0.756 e. The Bertz CT molecular complexity index is 865. The lowest BCUT2D eigenvalue weighted by Gasteiger charge is -2.29. The summed E-state index contributed by atoms with van der Waals surface area (Å²) in [5.74, 6) is -0.198. The number of phosphoric ester groups is 1. The number of carbonyl (C=O) groups excluding carboxylic acids is 1. The number of amides is 1. The minimum absolute atomic E-state index is 0.00132. The van der Waals surface area contributed by atoms with E-state index in [1.165, 1.54) is 148 Å². The predicted octanol–water partition coefficient (Wildman–Crippen LogP) is 11.3. The second-order valence-electron chi connectivity index (χ2n) is 16.4. The first-order valence-corrected chi connectivity index (χ1v) is 23.5. The van der Waals surface area contributed by atoms with Crippen LogP contribution in [0.2, 0.25) is 0 Å². The van der Waals surface area contributed by atoms with E-state index in [4.69, 9.17) is 9.05 Å². The van der Waals surface area contributed by atoms with Crippen LogP contribution in [0.4, 0.5) is 0 Å². The van der Waals surface area contributed by atoms with Crippen molar-refractivity contribution in [3.8, 4) is 0 Å². The van der Waals surface area contributed by atoms with Crippen LogP contribution >= 0.6 is 7.82 Å². The Morgan fingerprint density at radius 3 is 1.44 bits per heavy atom. The number of allylic oxidation sites excluding steroid dienone is 1. The van der Waals surface area contributed by atoms with Gasteiger partial charge in [0.2, 0.25) is 5.91 Å². The Hall–Kier alpha value is -0.760. The van der Waals surface area contributed by atoms with Crippen molar-refractivity contribution >= 4 is 13.7 Å². The van der Waals surface area contributed by atoms with Gasteiger partial charge in [-0.25, -0.2) is 0 Å². The van der Waals surface area contributed by atoms with E-state index in [2.05, 4.69) is 19.2 Å². The molecule has 0 saturated carbocycles. The highest BCUT2D eigenvalue weighted by atomic mass is 31.2. The number of carbonyl (C=O) groups is 1. The van der Waals surface area contributed by atoms with Crippen LogP contribution in [-0.4, -0.2) is 68.5 Å². The first-order chi connectivity index (χ1) is 25.0. The van der Waals surface area contributed by atoms with E-state index in [9.17, 15) is 19.4 Å². The van der Waals surface area contributed by atoms with Crippen molar-refractivity contribution in [2.24, 2.45) is 0 Å². The van der Waals surface area contributed by atoms with Gasteiger partial charge in [-0.3, -0.25) is 9.36 Å². The van der Waals surface area contributed by atoms with Gasteiger partial charge >= 0.3 is 0 Å². The standard InChI is InChI=1S/C43H87N2O6P/c1-6-8-10-12-14-15-16-17-18-19-20-21-22-23-24-25-26-27-28-29-31-33-35-37-43(47)44-41(42(46)36-34-32-30-13-11-9-7-2)40-51-52(48,49)50-39-38-45(3,4)5/h34,36,41-42,46H,6-33,35,37-40H2,1-5H3,(H-,44,47,48,49)/b36-34+. The Morgan fingerprint density at radius 2 is 1.04 bits per heavy atom. The lowest BCUT2D eigenvalue weighted by atomic mass is 10.0. The first-order valence-electron chi connectivity index (χ1n) is 22.1. The summed E-state index contributed by atoms with van der Waals surface area (Å²) in [7, 11) is 1.27. The second kappa shape index (κ2) is 35.9. The topological polar surface area (TPSA) is 108 Å². The third-order valence-corrected chi connectivity index (χ3v) is 11.0. The highest BCUT2D eigenvalue weighted by Crippen LogP contribution is 2.38. The van der Waals surface area contributed by atoms with E-state index in [0.717, 1.165) is 38.5 Å². The average molecular weight is 759 g/mol. The molecule has 310 valence electrons. The summed E-state index contributed by atoms with van der Waals surface area (Å²) in [5.41, 5.74) is 0. The molecule has 2 N–H and O–H groups in total. The predicted molar refractivity (Wildman–Crippen MR) is 219 cm³/mol. The van der Waals surface area contributed by atoms with E-state index in [-0.39, 0.29) is 19.1 Å². The van der Waals surface area contributed by atoms with E-state index < -0.39 is 20.0 Å². The first kappa shape index (κ1) is 51.2. The van der Waals surface area contributed by atoms with Gasteiger partial charge in [-0.1, -0.05) is 193 Å². The maximum Gasteiger partial charge on any atom is 0.268 e. The number of phosphoric acid groups is 1. The van der Waals surface area contributed by atoms with Gasteiger partial charge in [-0.15, -0.1) is 0 Å². The number of unbranched alkanes of at least 4 members (excludes halogenated alkanes) is 27. The van der Waals surface area contributed by atoms with Gasteiger partial charge in [0.15, 0.2) is 0 Å². The molecule has 52 heavy (non-hydrogen) atoms. The lowest BCUT2D eigenvalue weighted by Crippen LogP contribution is -2.45. The van der Waals surface area contributed by atoms with Gasteiger partial charge in [-0.05, 0) is 19.3 Å². The summed E-state index contributed by atoms with van der Waals surface area (Å²) >= 11 is 0. The van der Waals surface area contributed by atoms with Crippen molar-refractivity contribution < 1.29 is 32.9 Å². The quantitative estimate of drug-likeness (QED) is 0.0279. The molecule has 0 aromatic carbocycles. The van der Waals surface area contributed by atoms with Gasteiger partial charge in [0.1, 0.15) is 13.2 Å². The van der Waals surface area contributed by atoms with Gasteiger partial charge in [0, 0.05) is 6.42 Å². The fourth-order valence-corrected chi connectivity index (χ4v) is 7.17. The smallest absolute Gasteiger partial charge is 0.268 e. The van der Waals surface area contributed by atoms with Crippen molar-refractivity contribution in [3.63, 3.8) is 0 Å². The molecule has 8 nitrogen and oxygen atoms in total. The molecule has 0 radical (unpaired) electrons. The minimum atomic E-state index is -4.57. The zero-order valence-corrected chi connectivity index (χ0v) is 35.9. The Kier molecular flexibility index (Phi) is 35.4. The van der Waals surface area contributed by atoms with Gasteiger partial charge in [0.25, 0.3) is 7.82 Å². The van der Waals surface area contributed by atoms with Crippen LogP contribution in [0.3, 0.4) is 0 Å². The van der Waals surface area contributed by atoms with Gasteiger partial charge < -0.3 is 28.8 Å². The maximum absolute atomic E-state index is 12.8. The number of hydrogen-bond acceptors (Lipinski definition) is 6. The third-order valence-electron chi connectivity index (χ3n) is 10.00. The molecule has 1 amide bonds. The fourth-order valence-electron chi connectivity index (χ4n) is 6.45. The summed E-state index contributed by atoms with van der Waals surface area (Å²) in [4.78, 5) is 25.1. The molecule has 0 aliphatic rings. The normalized spacial score (nSPS) is 14.5. The number of hydrogen-bond donors (Lipinski definition) is 2. The molecule has 0 aliphatic carbocycles. The molecule has 0 saturated heterocycles. The third kappa shape index (κ3) is 37.6. The molecule has 3 atom stereocenters. The molecule has 0 fully saturated rings. The molecule has 0 bridgehead atoms. The lowest BCUT2D eigenvalue weighted by molar-refractivity contribution is -0.870. The molecular weight excluding hydrogens is 671 g/mol. The summed E-state index contributed by atoms with van der Waals surface area (Å²) in [6, 6.07) is -0.877. The van der Waals surface area contributed by atoms with Crippen LogP contribution in [-0.2, 0) is 18.4 Å². The van der Waals surface area contributed by atoms with Crippen molar-refractivity contribution in [1.29, 1.82) is 0 Å². The Morgan fingerprint density at radius 1 is 0.654 bits per heavy atom. The summed E-state index contributed by atoms with van der Waals surface area (Å²) < 4.78 is 23.1. The molecule has 0 heterocycles. The van der Waals surface area contributed by atoms with Crippen molar-refractivity contribution in [3.05, 3.63) is 12.2 Å². The molecule has 3 unspecified atom stereocenters. The van der Waals surface area contributed by atoms with Crippen LogP contribution in [0.15, 0.2) is 12.2 Å². The van der Waals surface area contributed by atoms with E-state index >= 15 is 0 Å². The number of rotatable bonds is 40. The monoisotopic (exact) mass is 759 g/mol. The molecule has 0 aliphatic heterocycles. The SMILES string of the molecule is CCCCCCC/C=C/C(O)C(COP(=O)([O-])OCC[N+](C)(C)C)NC(=O)CCCCCCCCCCCCCCCCCCCCCCCCC. The van der Waals surface area contributed by atoms with Crippen LogP contribution in [0.5, 0.6) is 0 Å². The van der Waals surface area contributed by atoms with E-state index in [1.54, 1.807) is 6.08 Å². The number of aliphatic hydroxyl groups excluding tert-OH is 1. The average Bonchev–Trinajstić information content (AvgIpc) is 3.09. The molecular formula is C43H87N2O6P. The van der Waals surface area contributed by atoms with Gasteiger partial charge in [-0.2, -0.15) is 0 Å². The summed E-state index contributed by atoms with van der Waals surface area (Å²) in [6.07, 6.45) is 40.0. The number of nitrogens with one attached hydrogen (secondary N) is 1. The summed E-state index contributed by atoms with van der Waals surface area (Å²) in [6.45, 7) is 4.60. The molecule has 0 spiro atoms. The number of likely N-dealkylation sites (N-methyl/N-ethyl adjacent to an activating group) is 1. The van der Waals surface area contributed by atoms with E-state index in [1.807, 2.05) is 27.2 Å². The fraction of sp³-hybridized carbons (Fsp3) is 0.930. The highest BCUT2D eigenvalue weighted by molar-refractivity contribution is 7.45. The molecule has 0 rings (SSSR count). The maximum atomic E-state index is 12.8. The Balaban J connectivity index is 4.08. The molecule has 0 aromatic heterocycles. The van der Waals surface area contributed by atoms with E-state index in [0.29, 0.717) is 17.4 Å². The van der Waals surface area contributed by atoms with Crippen LogP contribution in [0.25, 0.3) is 0 Å². The molecule has 9 heteroatoms. The Labute approximate surface area is 322 Å². The minimum Gasteiger partial charge on any atom is -0.756 e. The van der Waals surface area contributed by atoms with Crippen molar-refractivity contribution in [1.82, 2.24) is 5.32 Å². The van der Waals surface area contributed by atoms with Gasteiger partial charge in [0.05, 0.1) is 39.9 Å². The van der Waals surface area contributed by atoms with Crippen molar-refractivity contribution in [2.45, 2.75) is 219 Å². The summed E-state index contributed by atoms with van der Waals surface area (Å²) in [5, 5.41) is 13.6. The molecule has 0 aromatic rings. The zero-order chi connectivity index (χ0) is 38.6. The van der Waals surface area contributed by atoms with Crippen LogP contribution in [0.1, 0.15) is 206 Å². The number of quaternary nitrogens is 1. The second-order valence-corrected chi connectivity index (χ2v) is 17.8. The number of aliphatic hydroxyl groups is 1. The van der Waals surface area contributed by atoms with Crippen LogP contribution in [0, 0.1) is 0 Å².